The average molecular weight is 510 g/mol. The Morgan fingerprint density at radius 1 is 1.22 bits per heavy atom. The van der Waals surface area contributed by atoms with Gasteiger partial charge in [-0.3, -0.25) is 24.4 Å². The highest BCUT2D eigenvalue weighted by Gasteiger charge is 2.41. The van der Waals surface area contributed by atoms with Gasteiger partial charge in [-0.1, -0.05) is 58.0 Å². The Balaban J connectivity index is 1.48. The number of carbonyl (C=O) groups excluding carboxylic acids is 3. The smallest absolute Gasteiger partial charge is 0.262 e. The first-order valence-electron chi connectivity index (χ1n) is 9.54. The first-order chi connectivity index (χ1) is 15.4. The highest BCUT2D eigenvalue weighted by atomic mass is 79.9. The van der Waals surface area contributed by atoms with Crippen LogP contribution < -0.4 is 5.32 Å². The van der Waals surface area contributed by atoms with Crippen LogP contribution >= 0.6 is 27.7 Å². The van der Waals surface area contributed by atoms with Crippen molar-refractivity contribution < 1.29 is 14.4 Å². The molecule has 0 aliphatic carbocycles. The van der Waals surface area contributed by atoms with Gasteiger partial charge in [-0.05, 0) is 30.7 Å². The van der Waals surface area contributed by atoms with Crippen molar-refractivity contribution in [2.45, 2.75) is 23.7 Å². The Bertz CT molecular complexity index is 1270. The second-order valence-corrected chi connectivity index (χ2v) is 8.88. The molecule has 0 spiro atoms. The second kappa shape index (κ2) is 8.98. The lowest BCUT2D eigenvalue weighted by Crippen LogP contribution is -2.45. The Labute approximate surface area is 196 Å². The molecule has 0 bridgehead atoms. The fourth-order valence-corrected chi connectivity index (χ4v) is 4.54. The molecule has 1 aromatic heterocycles. The van der Waals surface area contributed by atoms with E-state index in [-0.39, 0.29) is 22.5 Å². The van der Waals surface area contributed by atoms with E-state index in [0.717, 1.165) is 10.5 Å². The van der Waals surface area contributed by atoms with Crippen molar-refractivity contribution >= 4 is 51.2 Å². The summed E-state index contributed by atoms with van der Waals surface area (Å²) in [6, 6.07) is 15.4. The maximum atomic E-state index is 12.8. The number of fused-ring (bicyclic) bond motifs is 1. The molecule has 0 saturated heterocycles. The molecular weight excluding hydrogens is 494 g/mol. The van der Waals surface area contributed by atoms with Gasteiger partial charge in [-0.2, -0.15) is 10.4 Å². The van der Waals surface area contributed by atoms with E-state index in [4.69, 9.17) is 0 Å². The van der Waals surface area contributed by atoms with Crippen molar-refractivity contribution in [3.63, 3.8) is 0 Å². The van der Waals surface area contributed by atoms with Gasteiger partial charge in [0.1, 0.15) is 28.5 Å². The lowest BCUT2D eigenvalue weighted by atomic mass is 10.1. The summed E-state index contributed by atoms with van der Waals surface area (Å²) >= 11 is 4.64. The van der Waals surface area contributed by atoms with Crippen molar-refractivity contribution in [2.24, 2.45) is 0 Å². The third-order valence-corrected chi connectivity index (χ3v) is 6.50. The number of anilines is 1. The van der Waals surface area contributed by atoms with Crippen molar-refractivity contribution in [1.29, 1.82) is 5.26 Å². The molecular formula is C22H16BrN5O3S. The van der Waals surface area contributed by atoms with Crippen LogP contribution in [0.2, 0.25) is 0 Å². The van der Waals surface area contributed by atoms with Crippen LogP contribution in [0.3, 0.4) is 0 Å². The van der Waals surface area contributed by atoms with Gasteiger partial charge in [-0.25, -0.2) is 0 Å². The Morgan fingerprint density at radius 3 is 2.66 bits per heavy atom. The number of carbonyl (C=O) groups is 3. The fraction of sp³-hybridized carbons (Fsp3) is 0.136. The summed E-state index contributed by atoms with van der Waals surface area (Å²) in [6.07, 6.45) is 0. The molecule has 3 amide bonds. The highest BCUT2D eigenvalue weighted by Crippen LogP contribution is 2.30. The Morgan fingerprint density at radius 2 is 1.94 bits per heavy atom. The summed E-state index contributed by atoms with van der Waals surface area (Å²) in [5, 5.41) is 19.4. The molecule has 32 heavy (non-hydrogen) atoms. The molecule has 10 heteroatoms. The molecule has 160 valence electrons. The van der Waals surface area contributed by atoms with E-state index in [0.29, 0.717) is 15.3 Å². The summed E-state index contributed by atoms with van der Waals surface area (Å²) in [7, 11) is 0. The number of rotatable bonds is 6. The minimum absolute atomic E-state index is 0.124. The molecule has 0 saturated carbocycles. The minimum Gasteiger partial charge on any atom is -0.308 e. The summed E-state index contributed by atoms with van der Waals surface area (Å²) in [5.74, 6) is -0.963. The maximum absolute atomic E-state index is 12.8. The van der Waals surface area contributed by atoms with Crippen molar-refractivity contribution in [3.05, 3.63) is 75.3 Å². The van der Waals surface area contributed by atoms with E-state index in [9.17, 15) is 19.6 Å². The lowest BCUT2D eigenvalue weighted by molar-refractivity contribution is -0.119. The number of imide groups is 1. The number of nitrogens with one attached hydrogen (secondary N) is 2. The zero-order chi connectivity index (χ0) is 22.8. The van der Waals surface area contributed by atoms with E-state index in [2.05, 4.69) is 37.5 Å². The monoisotopic (exact) mass is 509 g/mol. The number of hydrogen-bond donors (Lipinski definition) is 2. The maximum Gasteiger partial charge on any atom is 0.262 e. The van der Waals surface area contributed by atoms with Crippen LogP contribution in [-0.4, -0.2) is 38.9 Å². The van der Waals surface area contributed by atoms with E-state index in [1.54, 1.807) is 18.2 Å². The number of nitrogens with zero attached hydrogens (tertiary/aromatic N) is 3. The lowest BCUT2D eigenvalue weighted by Gasteiger charge is -2.21. The summed E-state index contributed by atoms with van der Waals surface area (Å²) in [4.78, 5) is 39.2. The number of nitriles is 1. The topological polar surface area (TPSA) is 119 Å². The van der Waals surface area contributed by atoms with Gasteiger partial charge in [0.15, 0.2) is 0 Å². The third kappa shape index (κ3) is 4.04. The standard InChI is InChI=1S/C22H16BrN5O3S/c1-12(28-21(30)15-8-7-14(23)9-16(15)22(28)31)19(29)25-18-17(10-24)20(27-26-18)32-11-13-5-3-2-4-6-13/h2-9,12H,11H2,1H3,(H2,25,26,27,29). The zero-order valence-electron chi connectivity index (χ0n) is 16.8. The number of halogens is 1. The van der Waals surface area contributed by atoms with E-state index < -0.39 is 23.8 Å². The van der Waals surface area contributed by atoms with Crippen LogP contribution in [0.25, 0.3) is 0 Å². The number of benzene rings is 2. The van der Waals surface area contributed by atoms with Crippen LogP contribution in [0.4, 0.5) is 5.82 Å². The molecule has 0 radical (unpaired) electrons. The van der Waals surface area contributed by atoms with Crippen LogP contribution in [0, 0.1) is 11.3 Å². The van der Waals surface area contributed by atoms with Crippen LogP contribution in [0.1, 0.15) is 38.8 Å². The van der Waals surface area contributed by atoms with Gasteiger partial charge in [0.25, 0.3) is 11.8 Å². The van der Waals surface area contributed by atoms with Gasteiger partial charge < -0.3 is 5.32 Å². The molecule has 1 aliphatic rings. The average Bonchev–Trinajstić information content (AvgIpc) is 3.29. The molecule has 2 heterocycles. The number of hydrogen-bond acceptors (Lipinski definition) is 6. The van der Waals surface area contributed by atoms with Crippen LogP contribution in [-0.2, 0) is 10.5 Å². The number of thioether (sulfide) groups is 1. The molecule has 4 rings (SSSR count). The fourth-order valence-electron chi connectivity index (χ4n) is 3.28. The zero-order valence-corrected chi connectivity index (χ0v) is 19.2. The quantitative estimate of drug-likeness (QED) is 0.383. The predicted molar refractivity (Wildman–Crippen MR) is 122 cm³/mol. The van der Waals surface area contributed by atoms with Gasteiger partial charge >= 0.3 is 0 Å². The van der Waals surface area contributed by atoms with Crippen LogP contribution in [0.15, 0.2) is 58.0 Å². The van der Waals surface area contributed by atoms with E-state index in [1.807, 2.05) is 30.3 Å². The van der Waals surface area contributed by atoms with Gasteiger partial charge in [0.2, 0.25) is 5.91 Å². The van der Waals surface area contributed by atoms with Crippen molar-refractivity contribution in [2.75, 3.05) is 5.32 Å². The van der Waals surface area contributed by atoms with Gasteiger partial charge in [-0.15, -0.1) is 0 Å². The molecule has 1 unspecified atom stereocenters. The highest BCUT2D eigenvalue weighted by molar-refractivity contribution is 9.10. The number of aromatic nitrogens is 2. The summed E-state index contributed by atoms with van der Waals surface area (Å²) in [6.45, 7) is 1.46. The number of amides is 3. The van der Waals surface area contributed by atoms with Gasteiger partial charge in [0, 0.05) is 10.2 Å². The Hall–Kier alpha value is -3.42. The SMILES string of the molecule is CC(C(=O)Nc1[nH]nc(SCc2ccccc2)c1C#N)N1C(=O)c2ccc(Br)cc2C1=O. The van der Waals surface area contributed by atoms with Crippen molar-refractivity contribution in [1.82, 2.24) is 15.1 Å². The second-order valence-electron chi connectivity index (χ2n) is 7.00. The minimum atomic E-state index is -1.09. The Kier molecular flexibility index (Phi) is 6.12. The molecule has 2 aromatic carbocycles. The first-order valence-corrected chi connectivity index (χ1v) is 11.3. The summed E-state index contributed by atoms with van der Waals surface area (Å²) < 4.78 is 0.660. The molecule has 3 aromatic rings. The molecule has 1 aliphatic heterocycles. The number of aromatic amines is 1. The molecule has 1 atom stereocenters. The largest absolute Gasteiger partial charge is 0.308 e. The van der Waals surface area contributed by atoms with Gasteiger partial charge in [0.05, 0.1) is 11.1 Å². The molecule has 2 N–H and O–H groups in total. The first kappa shape index (κ1) is 21.8. The molecule has 0 fully saturated rings. The molecule has 8 nitrogen and oxygen atoms in total. The van der Waals surface area contributed by atoms with E-state index in [1.165, 1.54) is 18.7 Å². The van der Waals surface area contributed by atoms with Crippen LogP contribution in [0.5, 0.6) is 0 Å². The normalized spacial score (nSPS) is 13.6. The third-order valence-electron chi connectivity index (χ3n) is 4.96. The number of H-pyrrole nitrogens is 1. The van der Waals surface area contributed by atoms with E-state index >= 15 is 0 Å². The summed E-state index contributed by atoms with van der Waals surface area (Å²) in [5.41, 5.74) is 1.75. The predicted octanol–water partition coefficient (Wildman–Crippen LogP) is 3.96. The van der Waals surface area contributed by atoms with Crippen molar-refractivity contribution in [3.8, 4) is 6.07 Å².